The van der Waals surface area contributed by atoms with Crippen molar-refractivity contribution in [3.8, 4) is 0 Å². The van der Waals surface area contributed by atoms with Crippen LogP contribution in [0.4, 0.5) is 0 Å². The predicted molar refractivity (Wildman–Crippen MR) is 69.7 cm³/mol. The Morgan fingerprint density at radius 1 is 1.12 bits per heavy atom. The van der Waals surface area contributed by atoms with E-state index in [9.17, 15) is 0 Å². The second-order valence-corrected chi connectivity index (χ2v) is 4.47. The van der Waals surface area contributed by atoms with Crippen LogP contribution in [0.3, 0.4) is 0 Å². The van der Waals surface area contributed by atoms with Gasteiger partial charge in [-0.2, -0.15) is 5.10 Å². The van der Waals surface area contributed by atoms with Gasteiger partial charge in [-0.3, -0.25) is 4.68 Å². The van der Waals surface area contributed by atoms with Crippen LogP contribution >= 0.6 is 0 Å². The summed E-state index contributed by atoms with van der Waals surface area (Å²) >= 11 is 0. The van der Waals surface area contributed by atoms with Crippen LogP contribution in [0.15, 0.2) is 30.5 Å². The Kier molecular flexibility index (Phi) is 3.59. The van der Waals surface area contributed by atoms with E-state index in [2.05, 4.69) is 48.5 Å². The number of rotatable bonds is 4. The summed E-state index contributed by atoms with van der Waals surface area (Å²) in [4.78, 5) is 0. The highest BCUT2D eigenvalue weighted by Crippen LogP contribution is 2.06. The molecule has 0 bridgehead atoms. The van der Waals surface area contributed by atoms with Gasteiger partial charge in [-0.15, -0.1) is 0 Å². The monoisotopic (exact) mass is 229 g/mol. The lowest BCUT2D eigenvalue weighted by Gasteiger charge is -2.05. The summed E-state index contributed by atoms with van der Waals surface area (Å²) in [5, 5.41) is 7.67. The number of aromatic nitrogens is 2. The molecule has 0 aliphatic rings. The molecule has 3 heteroatoms. The van der Waals surface area contributed by atoms with Crippen LogP contribution in [-0.4, -0.2) is 9.78 Å². The van der Waals surface area contributed by atoms with Gasteiger partial charge < -0.3 is 5.32 Å². The summed E-state index contributed by atoms with van der Waals surface area (Å²) in [6.07, 6.45) is 1.93. The van der Waals surface area contributed by atoms with Crippen LogP contribution in [0.1, 0.15) is 22.4 Å². The van der Waals surface area contributed by atoms with Crippen molar-refractivity contribution in [1.29, 1.82) is 0 Å². The van der Waals surface area contributed by atoms with Crippen LogP contribution in [0, 0.1) is 13.8 Å². The van der Waals surface area contributed by atoms with Crippen LogP contribution in [0.5, 0.6) is 0 Å². The lowest BCUT2D eigenvalue weighted by atomic mass is 10.1. The van der Waals surface area contributed by atoms with Gasteiger partial charge in [0.2, 0.25) is 0 Å². The fraction of sp³-hybridized carbons (Fsp3) is 0.357. The van der Waals surface area contributed by atoms with Gasteiger partial charge in [0.25, 0.3) is 0 Å². The smallest absolute Gasteiger partial charge is 0.0537 e. The van der Waals surface area contributed by atoms with E-state index < -0.39 is 0 Å². The Balaban J connectivity index is 1.87. The molecule has 1 aromatic carbocycles. The van der Waals surface area contributed by atoms with Gasteiger partial charge in [0.15, 0.2) is 0 Å². The van der Waals surface area contributed by atoms with Crippen molar-refractivity contribution >= 4 is 0 Å². The third kappa shape index (κ3) is 2.94. The first-order chi connectivity index (χ1) is 8.16. The third-order valence-corrected chi connectivity index (χ3v) is 3.10. The molecule has 3 nitrogen and oxygen atoms in total. The van der Waals surface area contributed by atoms with Gasteiger partial charge in [-0.05, 0) is 19.4 Å². The Labute approximate surface area is 102 Å². The Hall–Kier alpha value is -1.61. The fourth-order valence-corrected chi connectivity index (χ4v) is 1.77. The number of benzene rings is 1. The molecule has 0 unspecified atom stereocenters. The van der Waals surface area contributed by atoms with Gasteiger partial charge in [0.1, 0.15) is 0 Å². The zero-order valence-electron chi connectivity index (χ0n) is 10.7. The minimum absolute atomic E-state index is 0.869. The second-order valence-electron chi connectivity index (χ2n) is 4.47. The molecule has 0 saturated carbocycles. The number of hydrogen-bond acceptors (Lipinski definition) is 2. The van der Waals surface area contributed by atoms with Crippen LogP contribution < -0.4 is 5.32 Å². The molecule has 1 heterocycles. The average molecular weight is 229 g/mol. The number of aryl methyl sites for hydroxylation is 2. The Bertz CT molecular complexity index is 483. The van der Waals surface area contributed by atoms with E-state index in [0.717, 1.165) is 13.1 Å². The first-order valence-corrected chi connectivity index (χ1v) is 5.90. The molecule has 0 spiro atoms. The van der Waals surface area contributed by atoms with E-state index in [1.807, 2.05) is 17.9 Å². The molecule has 0 radical (unpaired) electrons. The van der Waals surface area contributed by atoms with Gasteiger partial charge in [0, 0.05) is 31.4 Å². The summed E-state index contributed by atoms with van der Waals surface area (Å²) in [7, 11) is 1.97. The standard InChI is InChI=1S/C14H19N3/c1-11-4-6-13(7-5-11)8-15-9-14-10-16-17(3)12(14)2/h4-7,10,15H,8-9H2,1-3H3. The van der Waals surface area contributed by atoms with Gasteiger partial charge in [0.05, 0.1) is 6.20 Å². The maximum absolute atomic E-state index is 4.23. The van der Waals surface area contributed by atoms with Crippen molar-refractivity contribution in [1.82, 2.24) is 15.1 Å². The minimum Gasteiger partial charge on any atom is -0.308 e. The third-order valence-electron chi connectivity index (χ3n) is 3.10. The second kappa shape index (κ2) is 5.15. The molecule has 0 amide bonds. The molecule has 1 aromatic heterocycles. The molecule has 0 aliphatic heterocycles. The summed E-state index contributed by atoms with van der Waals surface area (Å²) < 4.78 is 1.91. The first kappa shape index (κ1) is 11.9. The van der Waals surface area contributed by atoms with E-state index in [-0.39, 0.29) is 0 Å². The van der Waals surface area contributed by atoms with Crippen molar-refractivity contribution in [2.75, 3.05) is 0 Å². The van der Waals surface area contributed by atoms with Crippen molar-refractivity contribution in [3.63, 3.8) is 0 Å². The van der Waals surface area contributed by atoms with Gasteiger partial charge >= 0.3 is 0 Å². The minimum atomic E-state index is 0.869. The van der Waals surface area contributed by atoms with Crippen molar-refractivity contribution in [2.24, 2.45) is 7.05 Å². The van der Waals surface area contributed by atoms with Crippen LogP contribution in [0.2, 0.25) is 0 Å². The van der Waals surface area contributed by atoms with Crippen LogP contribution in [-0.2, 0) is 20.1 Å². The lowest BCUT2D eigenvalue weighted by Crippen LogP contribution is -2.13. The van der Waals surface area contributed by atoms with Crippen molar-refractivity contribution in [3.05, 3.63) is 52.8 Å². The molecule has 2 aromatic rings. The van der Waals surface area contributed by atoms with Crippen LogP contribution in [0.25, 0.3) is 0 Å². The predicted octanol–water partition coefficient (Wildman–Crippen LogP) is 2.33. The highest BCUT2D eigenvalue weighted by Gasteiger charge is 2.02. The average Bonchev–Trinajstić information content (AvgIpc) is 2.64. The summed E-state index contributed by atoms with van der Waals surface area (Å²) in [5.41, 5.74) is 5.11. The van der Waals surface area contributed by atoms with Gasteiger partial charge in [-0.1, -0.05) is 29.8 Å². The zero-order chi connectivity index (χ0) is 12.3. The zero-order valence-corrected chi connectivity index (χ0v) is 10.7. The molecular formula is C14H19N3. The molecule has 0 aliphatic carbocycles. The molecule has 1 N–H and O–H groups in total. The summed E-state index contributed by atoms with van der Waals surface area (Å²) in [5.74, 6) is 0. The maximum Gasteiger partial charge on any atom is 0.0537 e. The van der Waals surface area contributed by atoms with E-state index in [4.69, 9.17) is 0 Å². The normalized spacial score (nSPS) is 10.8. The number of hydrogen-bond donors (Lipinski definition) is 1. The first-order valence-electron chi connectivity index (χ1n) is 5.90. The quantitative estimate of drug-likeness (QED) is 0.872. The fourth-order valence-electron chi connectivity index (χ4n) is 1.77. The van der Waals surface area contributed by atoms with E-state index >= 15 is 0 Å². The topological polar surface area (TPSA) is 29.9 Å². The molecular weight excluding hydrogens is 210 g/mol. The van der Waals surface area contributed by atoms with Crippen molar-refractivity contribution in [2.45, 2.75) is 26.9 Å². The Morgan fingerprint density at radius 3 is 2.41 bits per heavy atom. The van der Waals surface area contributed by atoms with Gasteiger partial charge in [-0.25, -0.2) is 0 Å². The van der Waals surface area contributed by atoms with E-state index in [0.29, 0.717) is 0 Å². The summed E-state index contributed by atoms with van der Waals surface area (Å²) in [6, 6.07) is 8.62. The maximum atomic E-state index is 4.23. The summed E-state index contributed by atoms with van der Waals surface area (Å²) in [6.45, 7) is 5.97. The van der Waals surface area contributed by atoms with E-state index in [1.165, 1.54) is 22.4 Å². The highest BCUT2D eigenvalue weighted by atomic mass is 15.3. The highest BCUT2D eigenvalue weighted by molar-refractivity contribution is 5.21. The largest absolute Gasteiger partial charge is 0.308 e. The molecule has 0 atom stereocenters. The van der Waals surface area contributed by atoms with E-state index in [1.54, 1.807) is 0 Å². The number of nitrogens with zero attached hydrogens (tertiary/aromatic N) is 2. The molecule has 0 saturated heterocycles. The molecule has 0 fully saturated rings. The van der Waals surface area contributed by atoms with Crippen molar-refractivity contribution < 1.29 is 0 Å². The number of nitrogens with one attached hydrogen (secondary N) is 1. The lowest BCUT2D eigenvalue weighted by molar-refractivity contribution is 0.684. The Morgan fingerprint density at radius 2 is 1.82 bits per heavy atom. The molecule has 90 valence electrons. The molecule has 17 heavy (non-hydrogen) atoms. The SMILES string of the molecule is Cc1ccc(CNCc2cnn(C)c2C)cc1. The molecule has 2 rings (SSSR count).